The maximum absolute atomic E-state index is 9.97. The quantitative estimate of drug-likeness (QED) is 0.444. The third kappa shape index (κ3) is 8.34. The van der Waals surface area contributed by atoms with Crippen LogP contribution in [0.4, 0.5) is 0 Å². The van der Waals surface area contributed by atoms with Crippen LogP contribution in [-0.2, 0) is 4.79 Å². The largest absolute Gasteiger partial charge is 1.00 e. The SMILES string of the molecule is CC(C)(CO)CCC(=O)[O-].[Na+]. The minimum atomic E-state index is -1.05. The van der Waals surface area contributed by atoms with Gasteiger partial charge in [-0.1, -0.05) is 13.8 Å². The molecular formula is C7H13NaO3. The van der Waals surface area contributed by atoms with Gasteiger partial charge in [0.25, 0.3) is 0 Å². The monoisotopic (exact) mass is 168 g/mol. The molecule has 0 heterocycles. The first-order chi connectivity index (χ1) is 4.48. The van der Waals surface area contributed by atoms with Crippen LogP contribution in [0.3, 0.4) is 0 Å². The molecule has 0 bridgehead atoms. The molecule has 0 aliphatic carbocycles. The van der Waals surface area contributed by atoms with Crippen LogP contribution >= 0.6 is 0 Å². The maximum atomic E-state index is 9.97. The van der Waals surface area contributed by atoms with Gasteiger partial charge >= 0.3 is 29.6 Å². The van der Waals surface area contributed by atoms with Gasteiger partial charge in [-0.05, 0) is 18.3 Å². The molecule has 0 atom stereocenters. The van der Waals surface area contributed by atoms with Crippen molar-refractivity contribution in [1.29, 1.82) is 0 Å². The number of aliphatic hydroxyl groups is 1. The number of carboxylic acids is 1. The van der Waals surface area contributed by atoms with Crippen molar-refractivity contribution in [1.82, 2.24) is 0 Å². The first kappa shape index (κ1) is 14.0. The van der Waals surface area contributed by atoms with Gasteiger partial charge in [-0.2, -0.15) is 0 Å². The molecule has 0 spiro atoms. The average Bonchev–Trinajstić information content (AvgIpc) is 1.85. The van der Waals surface area contributed by atoms with Gasteiger partial charge in [-0.3, -0.25) is 0 Å². The second-order valence-electron chi connectivity index (χ2n) is 3.19. The van der Waals surface area contributed by atoms with Gasteiger partial charge < -0.3 is 15.0 Å². The van der Waals surface area contributed by atoms with E-state index in [-0.39, 0.29) is 48.0 Å². The van der Waals surface area contributed by atoms with Crippen molar-refractivity contribution < 1.29 is 44.6 Å². The molecule has 60 valence electrons. The van der Waals surface area contributed by atoms with E-state index in [1.807, 2.05) is 13.8 Å². The molecule has 0 aliphatic heterocycles. The van der Waals surface area contributed by atoms with E-state index in [0.29, 0.717) is 6.42 Å². The fourth-order valence-electron chi connectivity index (χ4n) is 0.520. The molecule has 11 heavy (non-hydrogen) atoms. The van der Waals surface area contributed by atoms with Crippen molar-refractivity contribution in [3.05, 3.63) is 0 Å². The molecule has 0 rings (SSSR count). The second kappa shape index (κ2) is 6.00. The number of rotatable bonds is 4. The van der Waals surface area contributed by atoms with E-state index in [2.05, 4.69) is 0 Å². The normalized spacial score (nSPS) is 10.5. The minimum Gasteiger partial charge on any atom is -0.550 e. The standard InChI is InChI=1S/C7H14O3.Na/c1-7(2,5-8)4-3-6(9)10;/h8H,3-5H2,1-2H3,(H,9,10);/q;+1/p-1. The fourth-order valence-corrected chi connectivity index (χ4v) is 0.520. The van der Waals surface area contributed by atoms with E-state index in [0.717, 1.165) is 0 Å². The Hall–Kier alpha value is 0.430. The van der Waals surface area contributed by atoms with Gasteiger partial charge in [0, 0.05) is 12.6 Å². The molecule has 0 saturated carbocycles. The number of hydrogen-bond donors (Lipinski definition) is 1. The molecule has 0 aromatic heterocycles. The van der Waals surface area contributed by atoms with Crippen LogP contribution in [0.15, 0.2) is 0 Å². The summed E-state index contributed by atoms with van der Waals surface area (Å²) in [5, 5.41) is 18.7. The number of carbonyl (C=O) groups is 1. The van der Waals surface area contributed by atoms with Crippen molar-refractivity contribution in [2.24, 2.45) is 5.41 Å². The Morgan fingerprint density at radius 2 is 2.00 bits per heavy atom. The van der Waals surface area contributed by atoms with Crippen LogP contribution in [0, 0.1) is 5.41 Å². The number of aliphatic hydroxyl groups excluding tert-OH is 1. The first-order valence-corrected chi connectivity index (χ1v) is 3.29. The Morgan fingerprint density at radius 1 is 1.55 bits per heavy atom. The van der Waals surface area contributed by atoms with Gasteiger partial charge in [0.2, 0.25) is 0 Å². The second-order valence-corrected chi connectivity index (χ2v) is 3.19. The third-order valence-electron chi connectivity index (χ3n) is 1.43. The van der Waals surface area contributed by atoms with Crippen LogP contribution in [0.1, 0.15) is 26.7 Å². The maximum Gasteiger partial charge on any atom is 1.00 e. The van der Waals surface area contributed by atoms with E-state index < -0.39 is 5.97 Å². The predicted octanol–water partition coefficient (Wildman–Crippen LogP) is -3.46. The topological polar surface area (TPSA) is 60.4 Å². The Labute approximate surface area is 89.1 Å². The Kier molecular flexibility index (Phi) is 7.63. The van der Waals surface area contributed by atoms with Gasteiger partial charge in [-0.15, -0.1) is 0 Å². The summed E-state index contributed by atoms with van der Waals surface area (Å²) in [5.41, 5.74) is -0.292. The summed E-state index contributed by atoms with van der Waals surface area (Å²) in [6.45, 7) is 3.64. The van der Waals surface area contributed by atoms with E-state index >= 15 is 0 Å². The number of hydrogen-bond acceptors (Lipinski definition) is 3. The first-order valence-electron chi connectivity index (χ1n) is 3.29. The molecule has 0 radical (unpaired) electrons. The van der Waals surface area contributed by atoms with Crippen molar-refractivity contribution in [2.75, 3.05) is 6.61 Å². The van der Waals surface area contributed by atoms with Crippen molar-refractivity contribution >= 4 is 5.97 Å². The molecule has 0 aromatic rings. The predicted molar refractivity (Wildman–Crippen MR) is 35.1 cm³/mol. The van der Waals surface area contributed by atoms with Crippen LogP contribution in [0.25, 0.3) is 0 Å². The summed E-state index contributed by atoms with van der Waals surface area (Å²) >= 11 is 0. The van der Waals surface area contributed by atoms with Gasteiger partial charge in [0.05, 0.1) is 0 Å². The molecule has 3 nitrogen and oxygen atoms in total. The van der Waals surface area contributed by atoms with Gasteiger partial charge in [-0.25, -0.2) is 0 Å². The Balaban J connectivity index is 0. The van der Waals surface area contributed by atoms with E-state index in [1.54, 1.807) is 0 Å². The smallest absolute Gasteiger partial charge is 0.550 e. The summed E-state index contributed by atoms with van der Waals surface area (Å²) < 4.78 is 0. The number of carbonyl (C=O) groups excluding carboxylic acids is 1. The van der Waals surface area contributed by atoms with Crippen LogP contribution in [-0.4, -0.2) is 17.7 Å². The van der Waals surface area contributed by atoms with Crippen molar-refractivity contribution in [3.8, 4) is 0 Å². The molecule has 0 saturated heterocycles. The van der Waals surface area contributed by atoms with Crippen LogP contribution in [0.2, 0.25) is 0 Å². The summed E-state index contributed by atoms with van der Waals surface area (Å²) in [4.78, 5) is 9.97. The van der Waals surface area contributed by atoms with Crippen molar-refractivity contribution in [2.45, 2.75) is 26.7 Å². The number of carboxylic acid groups (broad SMARTS) is 1. The molecular weight excluding hydrogens is 155 g/mol. The summed E-state index contributed by atoms with van der Waals surface area (Å²) in [6.07, 6.45) is 0.486. The summed E-state index contributed by atoms with van der Waals surface area (Å²) in [7, 11) is 0. The third-order valence-corrected chi connectivity index (χ3v) is 1.43. The molecule has 0 amide bonds. The molecule has 0 fully saturated rings. The zero-order valence-electron chi connectivity index (χ0n) is 7.39. The fraction of sp³-hybridized carbons (Fsp3) is 0.857. The summed E-state index contributed by atoms with van der Waals surface area (Å²) in [6, 6.07) is 0. The molecule has 0 aliphatic rings. The van der Waals surface area contributed by atoms with E-state index in [4.69, 9.17) is 5.11 Å². The molecule has 0 unspecified atom stereocenters. The average molecular weight is 168 g/mol. The van der Waals surface area contributed by atoms with E-state index in [1.165, 1.54) is 0 Å². The Bertz CT molecular complexity index is 123. The van der Waals surface area contributed by atoms with Crippen LogP contribution in [0.5, 0.6) is 0 Å². The van der Waals surface area contributed by atoms with Crippen LogP contribution < -0.4 is 34.7 Å². The minimum absolute atomic E-state index is 0. The molecule has 0 aromatic carbocycles. The van der Waals surface area contributed by atoms with Gasteiger partial charge in [0.1, 0.15) is 0 Å². The molecule has 4 heteroatoms. The Morgan fingerprint density at radius 3 is 2.27 bits per heavy atom. The zero-order valence-corrected chi connectivity index (χ0v) is 9.39. The number of aliphatic carboxylic acids is 1. The van der Waals surface area contributed by atoms with Gasteiger partial charge in [0.15, 0.2) is 0 Å². The van der Waals surface area contributed by atoms with E-state index in [9.17, 15) is 9.90 Å². The molecule has 1 N–H and O–H groups in total. The summed E-state index contributed by atoms with van der Waals surface area (Å²) in [5.74, 6) is -1.05. The zero-order chi connectivity index (χ0) is 8.20. The van der Waals surface area contributed by atoms with Crippen molar-refractivity contribution in [3.63, 3.8) is 0 Å².